The van der Waals surface area contributed by atoms with Gasteiger partial charge in [0.05, 0.1) is 17.4 Å². The Morgan fingerprint density at radius 1 is 1.14 bits per heavy atom. The number of carbonyl (C=O) groups is 1. The van der Waals surface area contributed by atoms with Gasteiger partial charge >= 0.3 is 0 Å². The Morgan fingerprint density at radius 2 is 1.96 bits per heavy atom. The number of amides is 1. The van der Waals surface area contributed by atoms with Gasteiger partial charge in [0.2, 0.25) is 0 Å². The topological polar surface area (TPSA) is 72.7 Å². The van der Waals surface area contributed by atoms with E-state index in [2.05, 4.69) is 45.8 Å². The number of hydrogen-bond donors (Lipinski definition) is 1. The molecule has 1 unspecified atom stereocenters. The van der Waals surface area contributed by atoms with Gasteiger partial charge in [-0.1, -0.05) is 20.3 Å². The van der Waals surface area contributed by atoms with Crippen molar-refractivity contribution in [3.05, 3.63) is 53.4 Å². The van der Waals surface area contributed by atoms with Crippen LogP contribution >= 0.6 is 0 Å². The molecule has 3 aromatic rings. The fourth-order valence-corrected chi connectivity index (χ4v) is 3.93. The summed E-state index contributed by atoms with van der Waals surface area (Å²) in [6.07, 6.45) is 7.15. The number of pyridine rings is 1. The molecule has 4 heterocycles. The van der Waals surface area contributed by atoms with Crippen LogP contribution in [0, 0.1) is 0 Å². The van der Waals surface area contributed by atoms with Crippen molar-refractivity contribution in [3.8, 4) is 0 Å². The molecule has 0 spiro atoms. The summed E-state index contributed by atoms with van der Waals surface area (Å²) in [6, 6.07) is 6.16. The highest BCUT2D eigenvalue weighted by Crippen LogP contribution is 2.27. The van der Waals surface area contributed by atoms with Crippen molar-refractivity contribution in [2.24, 2.45) is 0 Å². The molecular formula is C22H27N5O. The molecular weight excluding hydrogens is 350 g/mol. The van der Waals surface area contributed by atoms with E-state index in [4.69, 9.17) is 4.98 Å². The molecule has 6 heteroatoms. The van der Waals surface area contributed by atoms with Crippen LogP contribution in [0.25, 0.3) is 11.0 Å². The number of aryl methyl sites for hydroxylation is 2. The molecule has 0 saturated heterocycles. The van der Waals surface area contributed by atoms with Crippen molar-refractivity contribution in [2.75, 3.05) is 0 Å². The van der Waals surface area contributed by atoms with E-state index in [0.29, 0.717) is 11.6 Å². The van der Waals surface area contributed by atoms with E-state index in [-0.39, 0.29) is 11.9 Å². The van der Waals surface area contributed by atoms with Gasteiger partial charge < -0.3 is 9.88 Å². The van der Waals surface area contributed by atoms with Crippen molar-refractivity contribution in [2.45, 2.75) is 65.0 Å². The van der Waals surface area contributed by atoms with Crippen LogP contribution in [0.15, 0.2) is 30.6 Å². The van der Waals surface area contributed by atoms with Crippen molar-refractivity contribution in [1.29, 1.82) is 0 Å². The van der Waals surface area contributed by atoms with E-state index in [1.54, 1.807) is 12.4 Å². The van der Waals surface area contributed by atoms with Gasteiger partial charge in [-0.2, -0.15) is 0 Å². The zero-order valence-electron chi connectivity index (χ0n) is 16.8. The number of hydrogen-bond acceptors (Lipinski definition) is 4. The molecule has 28 heavy (non-hydrogen) atoms. The summed E-state index contributed by atoms with van der Waals surface area (Å²) in [5, 5.41) is 4.21. The molecule has 3 aromatic heterocycles. The predicted molar refractivity (Wildman–Crippen MR) is 109 cm³/mol. The number of aromatic nitrogens is 4. The minimum Gasteiger partial charge on any atom is -0.343 e. The first-order valence-electron chi connectivity index (χ1n) is 10.2. The molecule has 1 amide bonds. The van der Waals surface area contributed by atoms with E-state index in [0.717, 1.165) is 54.6 Å². The first-order chi connectivity index (χ1) is 13.5. The number of nitrogens with zero attached hydrogens (tertiary/aromatic N) is 4. The lowest BCUT2D eigenvalue weighted by atomic mass is 10.1. The lowest BCUT2D eigenvalue weighted by Gasteiger charge is -2.17. The van der Waals surface area contributed by atoms with Gasteiger partial charge in [0, 0.05) is 30.0 Å². The van der Waals surface area contributed by atoms with Crippen LogP contribution < -0.4 is 5.32 Å². The monoisotopic (exact) mass is 377 g/mol. The Kier molecular flexibility index (Phi) is 5.11. The smallest absolute Gasteiger partial charge is 0.272 e. The fraction of sp³-hybridized carbons (Fsp3) is 0.455. The van der Waals surface area contributed by atoms with Gasteiger partial charge in [0.15, 0.2) is 0 Å². The molecule has 1 aliphatic rings. The lowest BCUT2D eigenvalue weighted by molar-refractivity contribution is 0.0932. The maximum absolute atomic E-state index is 12.8. The summed E-state index contributed by atoms with van der Waals surface area (Å²) >= 11 is 0. The number of carbonyl (C=O) groups excluding carboxylic acids is 1. The second-order valence-electron chi connectivity index (χ2n) is 7.88. The van der Waals surface area contributed by atoms with Gasteiger partial charge in [0.25, 0.3) is 5.91 Å². The SMILES string of the molecule is CC(C)c1cc2ccc3nc2n1CCCCCc1nccnc1C(=O)NC3C. The van der Waals surface area contributed by atoms with Crippen LogP contribution in [-0.4, -0.2) is 25.4 Å². The summed E-state index contributed by atoms with van der Waals surface area (Å²) < 4.78 is 2.36. The van der Waals surface area contributed by atoms with Gasteiger partial charge in [-0.15, -0.1) is 0 Å². The maximum Gasteiger partial charge on any atom is 0.272 e. The largest absolute Gasteiger partial charge is 0.343 e. The Hall–Kier alpha value is -2.76. The van der Waals surface area contributed by atoms with E-state index in [9.17, 15) is 4.79 Å². The Morgan fingerprint density at radius 3 is 2.79 bits per heavy atom. The zero-order valence-corrected chi connectivity index (χ0v) is 16.8. The minimum absolute atomic E-state index is 0.187. The van der Waals surface area contributed by atoms with Gasteiger partial charge in [-0.05, 0) is 50.3 Å². The molecule has 146 valence electrons. The molecule has 1 N–H and O–H groups in total. The summed E-state index contributed by atoms with van der Waals surface area (Å²) in [4.78, 5) is 26.4. The van der Waals surface area contributed by atoms with Crippen LogP contribution in [0.1, 0.15) is 79.6 Å². The average molecular weight is 377 g/mol. The molecule has 0 fully saturated rings. The third-order valence-electron chi connectivity index (χ3n) is 5.46. The normalized spacial score (nSPS) is 18.1. The van der Waals surface area contributed by atoms with Crippen LogP contribution in [0.3, 0.4) is 0 Å². The van der Waals surface area contributed by atoms with E-state index < -0.39 is 0 Å². The second kappa shape index (κ2) is 7.70. The van der Waals surface area contributed by atoms with Gasteiger partial charge in [-0.25, -0.2) is 9.97 Å². The molecule has 0 radical (unpaired) electrons. The summed E-state index contributed by atoms with van der Waals surface area (Å²) in [5.41, 5.74) is 4.40. The van der Waals surface area contributed by atoms with Gasteiger partial charge in [-0.3, -0.25) is 9.78 Å². The average Bonchev–Trinajstić information content (AvgIpc) is 3.05. The lowest BCUT2D eigenvalue weighted by Crippen LogP contribution is -2.29. The third kappa shape index (κ3) is 3.51. The number of nitrogens with one attached hydrogen (secondary N) is 1. The molecule has 0 saturated carbocycles. The fourth-order valence-electron chi connectivity index (χ4n) is 3.93. The highest BCUT2D eigenvalue weighted by atomic mass is 16.2. The van der Waals surface area contributed by atoms with Crippen LogP contribution in [0.4, 0.5) is 0 Å². The molecule has 1 aliphatic heterocycles. The molecule has 1 atom stereocenters. The van der Waals surface area contributed by atoms with Gasteiger partial charge in [0.1, 0.15) is 11.3 Å². The van der Waals surface area contributed by atoms with Crippen molar-refractivity contribution in [1.82, 2.24) is 24.8 Å². The Balaban J connectivity index is 1.76. The highest BCUT2D eigenvalue weighted by molar-refractivity contribution is 5.93. The van der Waals surface area contributed by atoms with Crippen LogP contribution in [-0.2, 0) is 13.0 Å². The summed E-state index contributed by atoms with van der Waals surface area (Å²) in [5.74, 6) is 0.253. The highest BCUT2D eigenvalue weighted by Gasteiger charge is 2.20. The van der Waals surface area contributed by atoms with E-state index in [1.807, 2.05) is 13.0 Å². The minimum atomic E-state index is -0.208. The first-order valence-corrected chi connectivity index (χ1v) is 10.2. The molecule has 4 rings (SSSR count). The standard InChI is InChI=1S/C22H27N5O/c1-14(2)19-13-16-8-9-17-15(3)25-22(28)20-18(23-10-11-24-20)7-5-4-6-12-27(19)21(16)26-17/h8-11,13-15H,4-7,12H2,1-3H3,(H,25,28). The van der Waals surface area contributed by atoms with Crippen molar-refractivity contribution < 1.29 is 4.79 Å². The molecule has 0 aliphatic carbocycles. The number of rotatable bonds is 1. The Bertz CT molecular complexity index is 1010. The Labute approximate surface area is 165 Å². The molecule has 0 aromatic carbocycles. The van der Waals surface area contributed by atoms with Crippen molar-refractivity contribution >= 4 is 16.9 Å². The van der Waals surface area contributed by atoms with Crippen LogP contribution in [0.5, 0.6) is 0 Å². The van der Waals surface area contributed by atoms with E-state index in [1.165, 1.54) is 5.69 Å². The van der Waals surface area contributed by atoms with E-state index >= 15 is 0 Å². The second-order valence-corrected chi connectivity index (χ2v) is 7.88. The third-order valence-corrected chi connectivity index (χ3v) is 5.46. The summed E-state index contributed by atoms with van der Waals surface area (Å²) in [6.45, 7) is 7.37. The zero-order chi connectivity index (χ0) is 19.7. The van der Waals surface area contributed by atoms with Crippen LogP contribution in [0.2, 0.25) is 0 Å². The number of fused-ring (bicyclic) bond motifs is 2. The molecule has 2 bridgehead atoms. The first kappa shape index (κ1) is 18.6. The predicted octanol–water partition coefficient (Wildman–Crippen LogP) is 4.17. The van der Waals surface area contributed by atoms with Crippen molar-refractivity contribution in [3.63, 3.8) is 0 Å². The maximum atomic E-state index is 12.8. The molecule has 6 nitrogen and oxygen atoms in total. The quantitative estimate of drug-likeness (QED) is 0.691. The summed E-state index contributed by atoms with van der Waals surface area (Å²) in [7, 11) is 0.